The molecule has 0 saturated carbocycles. The van der Waals surface area contributed by atoms with E-state index in [1.165, 1.54) is 0 Å². The monoisotopic (exact) mass is 283 g/mol. The zero-order valence-electron chi connectivity index (χ0n) is 12.5. The Morgan fingerprint density at radius 2 is 2.24 bits per heavy atom. The van der Waals surface area contributed by atoms with Crippen molar-refractivity contribution in [2.24, 2.45) is 5.92 Å². The smallest absolute Gasteiger partial charge is 0.241 e. The molecule has 3 rings (SSSR count). The Morgan fingerprint density at radius 1 is 1.38 bits per heavy atom. The van der Waals surface area contributed by atoms with Crippen LogP contribution >= 0.6 is 0 Å². The van der Waals surface area contributed by atoms with Gasteiger partial charge in [0.15, 0.2) is 0 Å². The molecule has 4 nitrogen and oxygen atoms in total. The minimum absolute atomic E-state index is 0.0520. The van der Waals surface area contributed by atoms with E-state index >= 15 is 0 Å². The van der Waals surface area contributed by atoms with Crippen molar-refractivity contribution in [3.8, 4) is 0 Å². The van der Waals surface area contributed by atoms with Crippen molar-refractivity contribution in [2.45, 2.75) is 32.7 Å². The molecular weight excluding hydrogens is 262 g/mol. The lowest BCUT2D eigenvalue weighted by Crippen LogP contribution is -2.48. The highest BCUT2D eigenvalue weighted by Crippen LogP contribution is 2.25. The number of anilines is 1. The minimum atomic E-state index is -0.105. The van der Waals surface area contributed by atoms with Crippen LogP contribution in [-0.2, 0) is 4.79 Å². The first-order valence-corrected chi connectivity index (χ1v) is 7.55. The fraction of sp³-hybridized carbons (Fsp3) is 0.412. The summed E-state index contributed by atoms with van der Waals surface area (Å²) < 4.78 is 0. The van der Waals surface area contributed by atoms with Gasteiger partial charge in [0.25, 0.3) is 0 Å². The molecule has 1 amide bonds. The van der Waals surface area contributed by atoms with Crippen LogP contribution in [0.4, 0.5) is 5.69 Å². The van der Waals surface area contributed by atoms with E-state index in [0.717, 1.165) is 41.5 Å². The number of carbonyl (C=O) groups excluding carboxylic acids is 1. The normalized spacial score (nSPS) is 22.2. The number of carbonyl (C=O) groups is 1. The molecule has 2 aromatic rings. The number of aryl methyl sites for hydroxylation is 1. The highest BCUT2D eigenvalue weighted by molar-refractivity contribution is 6.03. The first-order chi connectivity index (χ1) is 10.2. The SMILES string of the molecule is Cc1ccc(NC(=O)C2NCCCC2C)c2cccnc12. The molecule has 2 unspecified atom stereocenters. The number of benzene rings is 1. The third kappa shape index (κ3) is 2.76. The van der Waals surface area contributed by atoms with Gasteiger partial charge in [-0.25, -0.2) is 0 Å². The largest absolute Gasteiger partial charge is 0.324 e. The number of piperidine rings is 1. The van der Waals surface area contributed by atoms with E-state index in [-0.39, 0.29) is 11.9 Å². The number of nitrogens with zero attached hydrogens (tertiary/aromatic N) is 1. The third-order valence-corrected chi connectivity index (χ3v) is 4.28. The molecule has 4 heteroatoms. The first-order valence-electron chi connectivity index (χ1n) is 7.55. The van der Waals surface area contributed by atoms with Crippen molar-refractivity contribution in [3.63, 3.8) is 0 Å². The summed E-state index contributed by atoms with van der Waals surface area (Å²) in [5.74, 6) is 0.421. The Morgan fingerprint density at radius 3 is 3.05 bits per heavy atom. The second kappa shape index (κ2) is 5.82. The van der Waals surface area contributed by atoms with Gasteiger partial charge in [0, 0.05) is 11.6 Å². The summed E-state index contributed by atoms with van der Waals surface area (Å²) in [5.41, 5.74) is 2.90. The average molecular weight is 283 g/mol. The molecule has 1 aromatic heterocycles. The maximum absolute atomic E-state index is 12.5. The van der Waals surface area contributed by atoms with Crippen molar-refractivity contribution >= 4 is 22.5 Å². The predicted octanol–water partition coefficient (Wildman–Crippen LogP) is 2.87. The van der Waals surface area contributed by atoms with Crippen LogP contribution in [-0.4, -0.2) is 23.5 Å². The number of pyridine rings is 1. The van der Waals surface area contributed by atoms with Crippen molar-refractivity contribution in [2.75, 3.05) is 11.9 Å². The summed E-state index contributed by atoms with van der Waals surface area (Å²) in [7, 11) is 0. The molecule has 1 aliphatic heterocycles. The van der Waals surface area contributed by atoms with Crippen molar-refractivity contribution in [1.82, 2.24) is 10.3 Å². The van der Waals surface area contributed by atoms with Gasteiger partial charge in [-0.15, -0.1) is 0 Å². The van der Waals surface area contributed by atoms with Crippen LogP contribution in [0.2, 0.25) is 0 Å². The van der Waals surface area contributed by atoms with Gasteiger partial charge >= 0.3 is 0 Å². The van der Waals surface area contributed by atoms with Gasteiger partial charge in [-0.2, -0.15) is 0 Å². The molecule has 2 N–H and O–H groups in total. The van der Waals surface area contributed by atoms with E-state index in [0.29, 0.717) is 5.92 Å². The van der Waals surface area contributed by atoms with Gasteiger partial charge in [-0.1, -0.05) is 13.0 Å². The summed E-state index contributed by atoms with van der Waals surface area (Å²) in [6.45, 7) is 5.08. The summed E-state index contributed by atoms with van der Waals surface area (Å²) in [6.07, 6.45) is 4.02. The van der Waals surface area contributed by atoms with Crippen molar-refractivity contribution in [3.05, 3.63) is 36.0 Å². The highest BCUT2D eigenvalue weighted by atomic mass is 16.2. The second-order valence-corrected chi connectivity index (χ2v) is 5.87. The number of hydrogen-bond acceptors (Lipinski definition) is 3. The molecule has 1 aromatic carbocycles. The number of aromatic nitrogens is 1. The second-order valence-electron chi connectivity index (χ2n) is 5.87. The molecule has 2 heterocycles. The molecule has 0 spiro atoms. The van der Waals surface area contributed by atoms with Crippen LogP contribution in [0.5, 0.6) is 0 Å². The number of rotatable bonds is 2. The molecule has 1 fully saturated rings. The van der Waals surface area contributed by atoms with Gasteiger partial charge in [-0.3, -0.25) is 9.78 Å². The number of fused-ring (bicyclic) bond motifs is 1. The Hall–Kier alpha value is -1.94. The maximum atomic E-state index is 12.5. The molecule has 0 radical (unpaired) electrons. The topological polar surface area (TPSA) is 54.0 Å². The van der Waals surface area contributed by atoms with Crippen LogP contribution in [0.15, 0.2) is 30.5 Å². The number of hydrogen-bond donors (Lipinski definition) is 2. The molecule has 1 aliphatic rings. The minimum Gasteiger partial charge on any atom is -0.324 e. The van der Waals surface area contributed by atoms with Crippen molar-refractivity contribution in [1.29, 1.82) is 0 Å². The lowest BCUT2D eigenvalue weighted by molar-refractivity contribution is -0.119. The maximum Gasteiger partial charge on any atom is 0.241 e. The zero-order valence-corrected chi connectivity index (χ0v) is 12.5. The van der Waals surface area contributed by atoms with Crippen LogP contribution in [0.3, 0.4) is 0 Å². The van der Waals surface area contributed by atoms with Crippen molar-refractivity contribution < 1.29 is 4.79 Å². The van der Waals surface area contributed by atoms with Gasteiger partial charge < -0.3 is 10.6 Å². The fourth-order valence-corrected chi connectivity index (χ4v) is 3.03. The summed E-state index contributed by atoms with van der Waals surface area (Å²) in [6, 6.07) is 7.77. The summed E-state index contributed by atoms with van der Waals surface area (Å²) >= 11 is 0. The fourth-order valence-electron chi connectivity index (χ4n) is 3.03. The Balaban J connectivity index is 1.88. The number of nitrogens with one attached hydrogen (secondary N) is 2. The molecule has 110 valence electrons. The average Bonchev–Trinajstić information content (AvgIpc) is 2.51. The van der Waals surface area contributed by atoms with Gasteiger partial charge in [0.05, 0.1) is 17.2 Å². The Bertz CT molecular complexity index is 668. The molecular formula is C17H21N3O. The van der Waals surface area contributed by atoms with E-state index in [9.17, 15) is 4.79 Å². The summed E-state index contributed by atoms with van der Waals surface area (Å²) in [4.78, 5) is 16.9. The lowest BCUT2D eigenvalue weighted by Gasteiger charge is -2.29. The molecule has 2 atom stereocenters. The predicted molar refractivity (Wildman–Crippen MR) is 85.3 cm³/mol. The van der Waals surface area contributed by atoms with Crippen LogP contribution in [0.25, 0.3) is 10.9 Å². The first kappa shape index (κ1) is 14.0. The van der Waals surface area contributed by atoms with Gasteiger partial charge in [0.1, 0.15) is 0 Å². The van der Waals surface area contributed by atoms with Gasteiger partial charge in [0.2, 0.25) is 5.91 Å². The van der Waals surface area contributed by atoms with Crippen LogP contribution < -0.4 is 10.6 Å². The third-order valence-electron chi connectivity index (χ3n) is 4.28. The quantitative estimate of drug-likeness (QED) is 0.891. The molecule has 0 bridgehead atoms. The Labute approximate surface area is 125 Å². The van der Waals surface area contributed by atoms with E-state index < -0.39 is 0 Å². The standard InChI is InChI=1S/C17H21N3O/c1-11-5-3-9-19-16(11)17(21)20-14-8-7-12(2)15-13(14)6-4-10-18-15/h4,6-8,10-11,16,19H,3,5,9H2,1-2H3,(H,20,21). The lowest BCUT2D eigenvalue weighted by atomic mass is 9.92. The van der Waals surface area contributed by atoms with E-state index in [2.05, 4.69) is 22.5 Å². The van der Waals surface area contributed by atoms with Gasteiger partial charge in [-0.05, 0) is 56.0 Å². The zero-order chi connectivity index (χ0) is 14.8. The molecule has 21 heavy (non-hydrogen) atoms. The van der Waals surface area contributed by atoms with E-state index in [1.807, 2.05) is 31.2 Å². The van der Waals surface area contributed by atoms with E-state index in [4.69, 9.17) is 0 Å². The molecule has 0 aliphatic carbocycles. The summed E-state index contributed by atoms with van der Waals surface area (Å²) in [5, 5.41) is 7.39. The Kier molecular flexibility index (Phi) is 3.88. The van der Waals surface area contributed by atoms with E-state index in [1.54, 1.807) is 6.20 Å². The number of amides is 1. The highest BCUT2D eigenvalue weighted by Gasteiger charge is 2.27. The molecule has 1 saturated heterocycles. The van der Waals surface area contributed by atoms with Crippen LogP contribution in [0.1, 0.15) is 25.3 Å². The van der Waals surface area contributed by atoms with Crippen LogP contribution in [0, 0.1) is 12.8 Å².